The van der Waals surface area contributed by atoms with Gasteiger partial charge in [0.1, 0.15) is 0 Å². The van der Waals surface area contributed by atoms with E-state index in [1.165, 1.54) is 19.3 Å². The summed E-state index contributed by atoms with van der Waals surface area (Å²) in [5.41, 5.74) is 0.487. The number of nitriles is 1. The highest BCUT2D eigenvalue weighted by Gasteiger charge is 2.52. The van der Waals surface area contributed by atoms with Crippen LogP contribution in [0.3, 0.4) is 0 Å². The maximum absolute atomic E-state index is 8.70. The normalized spacial score (nSPS) is 36.2. The highest BCUT2D eigenvalue weighted by atomic mass is 15.3. The van der Waals surface area contributed by atoms with Gasteiger partial charge in [0.15, 0.2) is 0 Å². The molecular weight excluding hydrogens is 124 g/mol. The average molecular weight is 136 g/mol. The molecule has 10 heavy (non-hydrogen) atoms. The molecule has 1 saturated heterocycles. The molecule has 2 aliphatic rings. The maximum Gasteiger partial charge on any atom is 0.0980 e. The van der Waals surface area contributed by atoms with Crippen LogP contribution in [0, 0.1) is 11.3 Å². The second-order valence-corrected chi connectivity index (χ2v) is 3.52. The fourth-order valence-electron chi connectivity index (χ4n) is 2.00. The Morgan fingerprint density at radius 1 is 1.50 bits per heavy atom. The highest BCUT2D eigenvalue weighted by molar-refractivity contribution is 5.13. The summed E-state index contributed by atoms with van der Waals surface area (Å²) in [5, 5.41) is 8.70. The lowest BCUT2D eigenvalue weighted by atomic mass is 10.2. The van der Waals surface area contributed by atoms with Gasteiger partial charge in [-0.3, -0.25) is 4.90 Å². The molecule has 1 heterocycles. The summed E-state index contributed by atoms with van der Waals surface area (Å²) in [4.78, 5) is 2.27. The second-order valence-electron chi connectivity index (χ2n) is 3.52. The molecule has 2 rings (SSSR count). The molecule has 0 amide bonds. The summed E-state index contributed by atoms with van der Waals surface area (Å²) >= 11 is 0. The number of nitrogens with zero attached hydrogens (tertiary/aromatic N) is 2. The van der Waals surface area contributed by atoms with Crippen molar-refractivity contribution in [1.82, 2.24) is 4.90 Å². The van der Waals surface area contributed by atoms with Crippen LogP contribution in [0.1, 0.15) is 25.7 Å². The molecule has 1 unspecified atom stereocenters. The average Bonchev–Trinajstić information content (AvgIpc) is 2.63. The molecule has 0 bridgehead atoms. The van der Waals surface area contributed by atoms with Crippen LogP contribution in [0.25, 0.3) is 0 Å². The fourth-order valence-corrected chi connectivity index (χ4v) is 2.00. The van der Waals surface area contributed by atoms with Crippen LogP contribution in [0.15, 0.2) is 0 Å². The molecule has 1 saturated carbocycles. The van der Waals surface area contributed by atoms with Crippen molar-refractivity contribution >= 4 is 0 Å². The van der Waals surface area contributed by atoms with E-state index >= 15 is 0 Å². The van der Waals surface area contributed by atoms with Crippen LogP contribution >= 0.6 is 0 Å². The van der Waals surface area contributed by atoms with Gasteiger partial charge in [-0.25, -0.2) is 0 Å². The van der Waals surface area contributed by atoms with Crippen LogP contribution in [-0.2, 0) is 0 Å². The summed E-state index contributed by atoms with van der Waals surface area (Å²) < 4.78 is 0. The van der Waals surface area contributed by atoms with E-state index in [1.54, 1.807) is 0 Å². The molecule has 2 nitrogen and oxygen atoms in total. The van der Waals surface area contributed by atoms with Crippen molar-refractivity contribution in [3.8, 4) is 6.07 Å². The van der Waals surface area contributed by atoms with Crippen LogP contribution in [0.4, 0.5) is 0 Å². The molecule has 0 aromatic rings. The first-order valence-electron chi connectivity index (χ1n) is 3.91. The first-order chi connectivity index (χ1) is 4.78. The standard InChI is InChI=1S/C8H12N2/c1-10-7(6-9)2-3-8(10)4-5-8/h7H,2-5H2,1H3. The van der Waals surface area contributed by atoms with Crippen molar-refractivity contribution in [1.29, 1.82) is 5.26 Å². The Hall–Kier alpha value is -0.550. The topological polar surface area (TPSA) is 27.0 Å². The molecule has 0 radical (unpaired) electrons. The number of hydrogen-bond donors (Lipinski definition) is 0. The maximum atomic E-state index is 8.70. The lowest BCUT2D eigenvalue weighted by Gasteiger charge is -2.20. The van der Waals surface area contributed by atoms with Crippen LogP contribution in [-0.4, -0.2) is 23.5 Å². The Morgan fingerprint density at radius 3 is 2.50 bits per heavy atom. The monoisotopic (exact) mass is 136 g/mol. The van der Waals surface area contributed by atoms with Crippen LogP contribution in [0.5, 0.6) is 0 Å². The number of rotatable bonds is 0. The zero-order chi connectivity index (χ0) is 7.19. The Labute approximate surface area is 61.4 Å². The molecule has 1 aliphatic heterocycles. The van der Waals surface area contributed by atoms with Gasteiger partial charge in [-0.15, -0.1) is 0 Å². The predicted octanol–water partition coefficient (Wildman–Crippen LogP) is 1.14. The first kappa shape index (κ1) is 6.18. The molecule has 2 heteroatoms. The Balaban J connectivity index is 2.14. The third-order valence-electron chi connectivity index (χ3n) is 3.08. The van der Waals surface area contributed by atoms with Crippen LogP contribution < -0.4 is 0 Å². The summed E-state index contributed by atoms with van der Waals surface area (Å²) in [5.74, 6) is 0. The van der Waals surface area contributed by atoms with Gasteiger partial charge < -0.3 is 0 Å². The smallest absolute Gasteiger partial charge is 0.0980 e. The SMILES string of the molecule is CN1C(C#N)CCC12CC2. The summed E-state index contributed by atoms with van der Waals surface area (Å²) in [6.07, 6.45) is 4.98. The Morgan fingerprint density at radius 2 is 2.20 bits per heavy atom. The first-order valence-corrected chi connectivity index (χ1v) is 3.91. The highest BCUT2D eigenvalue weighted by Crippen LogP contribution is 2.50. The van der Waals surface area contributed by atoms with Gasteiger partial charge in [-0.05, 0) is 32.7 Å². The minimum Gasteiger partial charge on any atom is -0.285 e. The quantitative estimate of drug-likeness (QED) is 0.499. The molecule has 1 atom stereocenters. The molecule has 1 aliphatic carbocycles. The molecule has 0 aromatic heterocycles. The summed E-state index contributed by atoms with van der Waals surface area (Å²) in [6.45, 7) is 0. The fraction of sp³-hybridized carbons (Fsp3) is 0.875. The Bertz CT molecular complexity index is 188. The summed E-state index contributed by atoms with van der Waals surface area (Å²) in [7, 11) is 2.09. The van der Waals surface area contributed by atoms with Gasteiger partial charge in [0.05, 0.1) is 12.1 Å². The predicted molar refractivity (Wildman–Crippen MR) is 38.4 cm³/mol. The molecule has 2 fully saturated rings. The lowest BCUT2D eigenvalue weighted by Crippen LogP contribution is -2.32. The van der Waals surface area contributed by atoms with Crippen molar-refractivity contribution in [3.63, 3.8) is 0 Å². The van der Waals surface area contributed by atoms with E-state index in [9.17, 15) is 0 Å². The third kappa shape index (κ3) is 0.615. The molecule has 54 valence electrons. The number of likely N-dealkylation sites (tertiary alicyclic amines) is 1. The zero-order valence-corrected chi connectivity index (χ0v) is 6.30. The van der Waals surface area contributed by atoms with Crippen molar-refractivity contribution in [2.75, 3.05) is 7.05 Å². The van der Waals surface area contributed by atoms with E-state index in [-0.39, 0.29) is 6.04 Å². The molecular formula is C8H12N2. The van der Waals surface area contributed by atoms with Gasteiger partial charge >= 0.3 is 0 Å². The van der Waals surface area contributed by atoms with Gasteiger partial charge in [0.25, 0.3) is 0 Å². The van der Waals surface area contributed by atoms with Gasteiger partial charge in [0, 0.05) is 5.54 Å². The largest absolute Gasteiger partial charge is 0.285 e. The summed E-state index contributed by atoms with van der Waals surface area (Å²) in [6, 6.07) is 2.55. The van der Waals surface area contributed by atoms with E-state index in [0.29, 0.717) is 5.54 Å². The van der Waals surface area contributed by atoms with E-state index in [1.807, 2.05) is 0 Å². The van der Waals surface area contributed by atoms with E-state index < -0.39 is 0 Å². The molecule has 0 N–H and O–H groups in total. The van der Waals surface area contributed by atoms with Gasteiger partial charge in [0.2, 0.25) is 0 Å². The minimum atomic E-state index is 0.211. The molecule has 1 spiro atoms. The molecule has 0 aromatic carbocycles. The van der Waals surface area contributed by atoms with E-state index in [0.717, 1.165) is 6.42 Å². The van der Waals surface area contributed by atoms with E-state index in [4.69, 9.17) is 5.26 Å². The van der Waals surface area contributed by atoms with Crippen molar-refractivity contribution in [2.24, 2.45) is 0 Å². The second kappa shape index (κ2) is 1.73. The van der Waals surface area contributed by atoms with Crippen molar-refractivity contribution < 1.29 is 0 Å². The number of hydrogen-bond acceptors (Lipinski definition) is 2. The third-order valence-corrected chi connectivity index (χ3v) is 3.08. The van der Waals surface area contributed by atoms with E-state index in [2.05, 4.69) is 18.0 Å². The van der Waals surface area contributed by atoms with Gasteiger partial charge in [-0.1, -0.05) is 0 Å². The Kier molecular flexibility index (Phi) is 1.07. The van der Waals surface area contributed by atoms with Gasteiger partial charge in [-0.2, -0.15) is 5.26 Å². The lowest BCUT2D eigenvalue weighted by molar-refractivity contribution is 0.257. The van der Waals surface area contributed by atoms with Crippen molar-refractivity contribution in [2.45, 2.75) is 37.3 Å². The minimum absolute atomic E-state index is 0.211. The van der Waals surface area contributed by atoms with Crippen molar-refractivity contribution in [3.05, 3.63) is 0 Å². The zero-order valence-electron chi connectivity index (χ0n) is 6.30. The van der Waals surface area contributed by atoms with Crippen LogP contribution in [0.2, 0.25) is 0 Å².